The minimum atomic E-state index is -0.166. The summed E-state index contributed by atoms with van der Waals surface area (Å²) in [5.74, 6) is 0. The molecule has 1 heterocycles. The molecule has 0 radical (unpaired) electrons. The number of nitrogens with two attached hydrogens (primary N) is 1. The molecule has 1 aliphatic rings. The van der Waals surface area contributed by atoms with E-state index in [1.807, 2.05) is 0 Å². The first-order valence-corrected chi connectivity index (χ1v) is 5.11. The SMILES string of the molecule is NC(CO)c1cc2c(s1)CCC2. The van der Waals surface area contributed by atoms with E-state index in [0.29, 0.717) is 0 Å². The zero-order valence-electron chi connectivity index (χ0n) is 6.92. The Morgan fingerprint density at radius 2 is 2.42 bits per heavy atom. The van der Waals surface area contributed by atoms with E-state index in [1.165, 1.54) is 29.7 Å². The predicted molar refractivity (Wildman–Crippen MR) is 50.4 cm³/mol. The molecule has 0 spiro atoms. The zero-order valence-corrected chi connectivity index (χ0v) is 7.73. The van der Waals surface area contributed by atoms with Gasteiger partial charge in [-0.1, -0.05) is 0 Å². The topological polar surface area (TPSA) is 46.2 Å². The molecule has 0 aliphatic heterocycles. The van der Waals surface area contributed by atoms with Crippen molar-refractivity contribution in [1.82, 2.24) is 0 Å². The lowest BCUT2D eigenvalue weighted by molar-refractivity contribution is 0.269. The average molecular weight is 183 g/mol. The Labute approximate surface area is 76.0 Å². The highest BCUT2D eigenvalue weighted by Crippen LogP contribution is 2.32. The molecule has 0 saturated heterocycles. The van der Waals surface area contributed by atoms with Gasteiger partial charge >= 0.3 is 0 Å². The first-order valence-electron chi connectivity index (χ1n) is 4.29. The molecular formula is C9H13NOS. The van der Waals surface area contributed by atoms with Crippen LogP contribution >= 0.6 is 11.3 Å². The van der Waals surface area contributed by atoms with Crippen molar-refractivity contribution in [3.63, 3.8) is 0 Å². The molecule has 2 nitrogen and oxygen atoms in total. The lowest BCUT2D eigenvalue weighted by Gasteiger charge is -2.03. The standard InChI is InChI=1S/C9H13NOS/c10-7(5-11)9-4-6-2-1-3-8(6)12-9/h4,7,11H,1-3,5,10H2. The van der Waals surface area contributed by atoms with Crippen molar-refractivity contribution in [1.29, 1.82) is 0 Å². The lowest BCUT2D eigenvalue weighted by Crippen LogP contribution is -2.12. The van der Waals surface area contributed by atoms with Crippen LogP contribution < -0.4 is 5.73 Å². The first-order chi connectivity index (χ1) is 5.81. The van der Waals surface area contributed by atoms with Crippen molar-refractivity contribution in [2.45, 2.75) is 25.3 Å². The molecule has 0 aromatic carbocycles. The second-order valence-corrected chi connectivity index (χ2v) is 4.41. The average Bonchev–Trinajstić information content (AvgIpc) is 2.60. The quantitative estimate of drug-likeness (QED) is 0.724. The third kappa shape index (κ3) is 1.28. The van der Waals surface area contributed by atoms with Gasteiger partial charge in [0.25, 0.3) is 0 Å². The van der Waals surface area contributed by atoms with E-state index >= 15 is 0 Å². The fraction of sp³-hybridized carbons (Fsp3) is 0.556. The number of rotatable bonds is 2. The molecule has 1 unspecified atom stereocenters. The maximum atomic E-state index is 8.86. The van der Waals surface area contributed by atoms with Crippen LogP contribution in [0.1, 0.15) is 27.8 Å². The van der Waals surface area contributed by atoms with E-state index in [4.69, 9.17) is 10.8 Å². The third-order valence-corrected chi connectivity index (χ3v) is 3.70. The molecular weight excluding hydrogens is 170 g/mol. The number of hydrogen-bond donors (Lipinski definition) is 2. The highest BCUT2D eigenvalue weighted by atomic mass is 32.1. The summed E-state index contributed by atoms with van der Waals surface area (Å²) >= 11 is 1.77. The molecule has 66 valence electrons. The largest absolute Gasteiger partial charge is 0.394 e. The second-order valence-electron chi connectivity index (χ2n) is 3.24. The third-order valence-electron chi connectivity index (χ3n) is 2.33. The highest BCUT2D eigenvalue weighted by molar-refractivity contribution is 7.12. The van der Waals surface area contributed by atoms with E-state index in [2.05, 4.69) is 6.07 Å². The van der Waals surface area contributed by atoms with Crippen LogP contribution in [0.3, 0.4) is 0 Å². The van der Waals surface area contributed by atoms with Gasteiger partial charge in [-0.3, -0.25) is 0 Å². The number of aliphatic hydroxyl groups is 1. The van der Waals surface area contributed by atoms with Crippen molar-refractivity contribution in [2.75, 3.05) is 6.61 Å². The van der Waals surface area contributed by atoms with Gasteiger partial charge in [-0.05, 0) is 30.9 Å². The molecule has 3 N–H and O–H groups in total. The minimum Gasteiger partial charge on any atom is -0.394 e. The van der Waals surface area contributed by atoms with Gasteiger partial charge in [0.15, 0.2) is 0 Å². The van der Waals surface area contributed by atoms with Crippen LogP contribution in [0.25, 0.3) is 0 Å². The fourth-order valence-electron chi connectivity index (χ4n) is 1.62. The van der Waals surface area contributed by atoms with Crippen molar-refractivity contribution in [3.8, 4) is 0 Å². The van der Waals surface area contributed by atoms with Crippen LogP contribution in [0.5, 0.6) is 0 Å². The van der Waals surface area contributed by atoms with Gasteiger partial charge in [0, 0.05) is 9.75 Å². The number of aliphatic hydroxyl groups excluding tert-OH is 1. The number of fused-ring (bicyclic) bond motifs is 1. The van der Waals surface area contributed by atoms with Gasteiger partial charge in [-0.15, -0.1) is 11.3 Å². The van der Waals surface area contributed by atoms with Crippen molar-refractivity contribution in [2.24, 2.45) is 5.73 Å². The Hall–Kier alpha value is -0.380. The van der Waals surface area contributed by atoms with Crippen molar-refractivity contribution >= 4 is 11.3 Å². The number of aryl methyl sites for hydroxylation is 2. The maximum absolute atomic E-state index is 8.86. The van der Waals surface area contributed by atoms with Crippen molar-refractivity contribution < 1.29 is 5.11 Å². The summed E-state index contributed by atoms with van der Waals surface area (Å²) in [6.07, 6.45) is 3.69. The molecule has 2 rings (SSSR count). The van der Waals surface area contributed by atoms with Crippen LogP contribution in [-0.2, 0) is 12.8 Å². The van der Waals surface area contributed by atoms with Gasteiger partial charge in [0.2, 0.25) is 0 Å². The molecule has 12 heavy (non-hydrogen) atoms. The van der Waals surface area contributed by atoms with Crippen LogP contribution in [0.15, 0.2) is 6.07 Å². The first kappa shape index (κ1) is 8.23. The predicted octanol–water partition coefficient (Wildman–Crippen LogP) is 1.23. The Kier molecular flexibility index (Phi) is 2.17. The summed E-state index contributed by atoms with van der Waals surface area (Å²) in [4.78, 5) is 2.62. The summed E-state index contributed by atoms with van der Waals surface area (Å²) in [5.41, 5.74) is 7.17. The molecule has 3 heteroatoms. The summed E-state index contributed by atoms with van der Waals surface area (Å²) in [5, 5.41) is 8.86. The lowest BCUT2D eigenvalue weighted by atomic mass is 10.2. The van der Waals surface area contributed by atoms with Crippen molar-refractivity contribution in [3.05, 3.63) is 21.4 Å². The van der Waals surface area contributed by atoms with Gasteiger partial charge in [-0.25, -0.2) is 0 Å². The summed E-state index contributed by atoms with van der Waals surface area (Å²) < 4.78 is 0. The molecule has 0 fully saturated rings. The van der Waals surface area contributed by atoms with E-state index < -0.39 is 0 Å². The van der Waals surface area contributed by atoms with Crippen LogP contribution in [0, 0.1) is 0 Å². The molecule has 0 bridgehead atoms. The van der Waals surface area contributed by atoms with E-state index in [9.17, 15) is 0 Å². The van der Waals surface area contributed by atoms with Gasteiger partial charge in [0.05, 0.1) is 12.6 Å². The maximum Gasteiger partial charge on any atom is 0.0632 e. The Balaban J connectivity index is 2.25. The van der Waals surface area contributed by atoms with E-state index in [0.717, 1.165) is 4.88 Å². The molecule has 1 aliphatic carbocycles. The van der Waals surface area contributed by atoms with Crippen LogP contribution in [0.4, 0.5) is 0 Å². The van der Waals surface area contributed by atoms with Crippen LogP contribution in [0.2, 0.25) is 0 Å². The zero-order chi connectivity index (χ0) is 8.55. The monoisotopic (exact) mass is 183 g/mol. The molecule has 0 amide bonds. The molecule has 0 saturated carbocycles. The Bertz CT molecular complexity index is 261. The Morgan fingerprint density at radius 3 is 3.08 bits per heavy atom. The van der Waals surface area contributed by atoms with Gasteiger partial charge in [0.1, 0.15) is 0 Å². The normalized spacial score (nSPS) is 17.8. The second kappa shape index (κ2) is 3.17. The minimum absolute atomic E-state index is 0.0550. The smallest absolute Gasteiger partial charge is 0.0632 e. The Morgan fingerprint density at radius 1 is 1.58 bits per heavy atom. The summed E-state index contributed by atoms with van der Waals surface area (Å²) in [7, 11) is 0. The fourth-order valence-corrected chi connectivity index (χ4v) is 2.87. The number of thiophene rings is 1. The van der Waals surface area contributed by atoms with Gasteiger partial charge < -0.3 is 10.8 Å². The van der Waals surface area contributed by atoms with Crippen LogP contribution in [-0.4, -0.2) is 11.7 Å². The highest BCUT2D eigenvalue weighted by Gasteiger charge is 2.17. The molecule has 1 atom stereocenters. The van der Waals surface area contributed by atoms with E-state index in [1.54, 1.807) is 11.3 Å². The van der Waals surface area contributed by atoms with E-state index in [-0.39, 0.29) is 12.6 Å². The molecule has 1 aromatic rings. The number of hydrogen-bond acceptors (Lipinski definition) is 3. The summed E-state index contributed by atoms with van der Waals surface area (Å²) in [6, 6.07) is 1.99. The summed E-state index contributed by atoms with van der Waals surface area (Å²) in [6.45, 7) is 0.0550. The van der Waals surface area contributed by atoms with Gasteiger partial charge in [-0.2, -0.15) is 0 Å². The molecule has 1 aromatic heterocycles.